The maximum Gasteiger partial charge on any atom is 0.155 e. The summed E-state index contributed by atoms with van der Waals surface area (Å²) >= 11 is 0. The Kier molecular flexibility index (Phi) is 5.72. The van der Waals surface area contributed by atoms with Crippen molar-refractivity contribution in [3.8, 4) is 22.3 Å². The summed E-state index contributed by atoms with van der Waals surface area (Å²) in [6.45, 7) is 13.0. The van der Waals surface area contributed by atoms with Crippen molar-refractivity contribution in [2.24, 2.45) is 0 Å². The first-order valence-corrected chi connectivity index (χ1v) is 14.1. The quantitative estimate of drug-likeness (QED) is 0.206. The molecule has 202 valence electrons. The van der Waals surface area contributed by atoms with Crippen molar-refractivity contribution in [1.29, 1.82) is 0 Å². The second-order valence-corrected chi connectivity index (χ2v) is 11.4. The fourth-order valence-electron chi connectivity index (χ4n) is 6.63. The molecule has 5 heterocycles. The van der Waals surface area contributed by atoms with Gasteiger partial charge in [-0.2, -0.15) is 0 Å². The van der Waals surface area contributed by atoms with Crippen molar-refractivity contribution in [2.75, 3.05) is 0 Å². The summed E-state index contributed by atoms with van der Waals surface area (Å²) in [6, 6.07) is 21.8. The minimum Gasteiger partial charge on any atom is -0.353 e. The summed E-state index contributed by atoms with van der Waals surface area (Å²) in [5, 5.41) is 0. The molecule has 2 aromatic carbocycles. The highest BCUT2D eigenvalue weighted by Crippen LogP contribution is 2.37. The molecule has 0 spiro atoms. The summed E-state index contributed by atoms with van der Waals surface area (Å²) in [6.07, 6.45) is 4.08. The Morgan fingerprint density at radius 1 is 0.439 bits per heavy atom. The lowest BCUT2D eigenvalue weighted by Gasteiger charge is -2.13. The number of benzene rings is 2. The van der Waals surface area contributed by atoms with Crippen molar-refractivity contribution in [3.05, 3.63) is 106 Å². The Bertz CT molecular complexity index is 2120. The Labute approximate surface area is 239 Å². The molecule has 0 amide bonds. The van der Waals surface area contributed by atoms with E-state index < -0.39 is 0 Å². The van der Waals surface area contributed by atoms with Crippen LogP contribution in [-0.4, -0.2) is 24.9 Å². The van der Waals surface area contributed by atoms with Crippen LogP contribution < -0.4 is 0 Å². The van der Waals surface area contributed by atoms with Gasteiger partial charge in [-0.1, -0.05) is 35.4 Å². The number of nitrogens with one attached hydrogen (secondary N) is 3. The first-order chi connectivity index (χ1) is 19.7. The standard InChI is InChI=1S/C36H33N5/c1-19-15-21(3)33(22(4)16-19)35-27-9-7-25(37-27)26-8-10-28(38-26)36(34-23(5)17-20(2)18-24(34)6)30-12-14-32(40-30)41-31-13-11-29(35)39-31/h7-18,37-38H,1-6H3,(H,39,40,41). The Morgan fingerprint density at radius 3 is 1.49 bits per heavy atom. The van der Waals surface area contributed by atoms with Gasteiger partial charge in [-0.3, -0.25) is 0 Å². The van der Waals surface area contributed by atoms with Crippen LogP contribution in [0.15, 0.2) is 60.7 Å². The molecule has 1 aliphatic heterocycles. The number of fused-ring (bicyclic) bond motifs is 9. The van der Waals surface area contributed by atoms with E-state index in [2.05, 4.69) is 117 Å². The molecule has 0 radical (unpaired) electrons. The molecular weight excluding hydrogens is 502 g/mol. The number of aryl methyl sites for hydroxylation is 6. The molecule has 0 atom stereocenters. The Morgan fingerprint density at radius 2 is 0.902 bits per heavy atom. The van der Waals surface area contributed by atoms with Crippen molar-refractivity contribution in [3.63, 3.8) is 0 Å². The molecule has 5 heteroatoms. The van der Waals surface area contributed by atoms with Gasteiger partial charge in [0, 0.05) is 27.7 Å². The summed E-state index contributed by atoms with van der Waals surface area (Å²) in [4.78, 5) is 21.0. The lowest BCUT2D eigenvalue weighted by molar-refractivity contribution is 1.19. The number of H-pyrrole nitrogens is 3. The zero-order valence-electron chi connectivity index (χ0n) is 24.3. The van der Waals surface area contributed by atoms with E-state index >= 15 is 0 Å². The number of hydrogen-bond acceptors (Lipinski definition) is 2. The van der Waals surface area contributed by atoms with Gasteiger partial charge in [0.1, 0.15) is 5.65 Å². The first-order valence-electron chi connectivity index (χ1n) is 14.1. The molecule has 5 nitrogen and oxygen atoms in total. The second-order valence-electron chi connectivity index (χ2n) is 11.4. The van der Waals surface area contributed by atoms with Crippen LogP contribution in [0.3, 0.4) is 0 Å². The molecule has 6 aromatic rings. The maximum absolute atomic E-state index is 5.02. The van der Waals surface area contributed by atoms with Crippen LogP contribution in [0.1, 0.15) is 44.9 Å². The summed E-state index contributed by atoms with van der Waals surface area (Å²) < 4.78 is 0. The third-order valence-electron chi connectivity index (χ3n) is 8.11. The lowest BCUT2D eigenvalue weighted by atomic mass is 9.92. The van der Waals surface area contributed by atoms with Crippen LogP contribution in [0.2, 0.25) is 0 Å². The predicted octanol–water partition coefficient (Wildman–Crippen LogP) is 9.28. The smallest absolute Gasteiger partial charge is 0.155 e. The van der Waals surface area contributed by atoms with E-state index in [1.807, 2.05) is 12.1 Å². The molecular formula is C36H33N5. The van der Waals surface area contributed by atoms with Crippen LogP contribution in [0.5, 0.6) is 0 Å². The fraction of sp³-hybridized carbons (Fsp3) is 0.167. The van der Waals surface area contributed by atoms with Crippen molar-refractivity contribution < 1.29 is 0 Å². The van der Waals surface area contributed by atoms with Gasteiger partial charge in [0.25, 0.3) is 0 Å². The molecule has 4 aromatic heterocycles. The molecule has 3 N–H and O–H groups in total. The van der Waals surface area contributed by atoms with Crippen molar-refractivity contribution >= 4 is 45.4 Å². The van der Waals surface area contributed by atoms with Gasteiger partial charge in [-0.25, -0.2) is 9.97 Å². The van der Waals surface area contributed by atoms with Crippen molar-refractivity contribution in [2.45, 2.75) is 41.5 Å². The zero-order valence-corrected chi connectivity index (χ0v) is 24.3. The molecule has 0 saturated heterocycles. The number of rotatable bonds is 2. The van der Waals surface area contributed by atoms with E-state index in [9.17, 15) is 0 Å². The highest BCUT2D eigenvalue weighted by atomic mass is 14.9. The normalized spacial score (nSPS) is 12.0. The van der Waals surface area contributed by atoms with Crippen LogP contribution in [0.4, 0.5) is 0 Å². The average molecular weight is 536 g/mol. The van der Waals surface area contributed by atoms with E-state index in [1.165, 1.54) is 44.5 Å². The molecule has 0 aliphatic carbocycles. The second kappa shape index (κ2) is 9.34. The third-order valence-corrected chi connectivity index (χ3v) is 8.11. The average Bonchev–Trinajstić information content (AvgIpc) is 3.71. The number of aromatic nitrogens is 5. The summed E-state index contributed by atoms with van der Waals surface area (Å²) in [5.74, 6) is 0.681. The predicted molar refractivity (Wildman–Crippen MR) is 172 cm³/mol. The highest BCUT2D eigenvalue weighted by molar-refractivity contribution is 5.98. The van der Waals surface area contributed by atoms with E-state index in [0.717, 1.165) is 50.1 Å². The monoisotopic (exact) mass is 535 g/mol. The molecule has 0 unspecified atom stereocenters. The van der Waals surface area contributed by atoms with Crippen LogP contribution in [0.25, 0.3) is 67.6 Å². The van der Waals surface area contributed by atoms with Crippen LogP contribution >= 0.6 is 0 Å². The Hall–Kier alpha value is -4.90. The minimum atomic E-state index is 0.681. The zero-order chi connectivity index (χ0) is 28.4. The van der Waals surface area contributed by atoms with Gasteiger partial charge < -0.3 is 15.0 Å². The molecule has 0 fully saturated rings. The van der Waals surface area contributed by atoms with Crippen molar-refractivity contribution in [1.82, 2.24) is 24.9 Å². The van der Waals surface area contributed by atoms with E-state index in [1.54, 1.807) is 0 Å². The topological polar surface area (TPSA) is 73.2 Å². The molecule has 7 rings (SSSR count). The van der Waals surface area contributed by atoms with E-state index in [-0.39, 0.29) is 0 Å². The number of aromatic amines is 3. The Balaban J connectivity index is 1.63. The SMILES string of the molecule is Cc1cc(C)c(-c2c3nc(nc4ccc([nH]4)c(-c4c(C)cc(C)cc4C)c4ccc([nH]4)c4ccc2[nH]4)C=C3)c(C)c1. The largest absolute Gasteiger partial charge is 0.353 e. The third kappa shape index (κ3) is 4.25. The number of hydrogen-bond donors (Lipinski definition) is 3. The van der Waals surface area contributed by atoms with Gasteiger partial charge in [-0.15, -0.1) is 0 Å². The highest BCUT2D eigenvalue weighted by Gasteiger charge is 2.17. The molecule has 41 heavy (non-hydrogen) atoms. The number of nitrogens with zero attached hydrogens (tertiary/aromatic N) is 2. The maximum atomic E-state index is 5.02. The van der Waals surface area contributed by atoms with Gasteiger partial charge in [0.15, 0.2) is 5.82 Å². The van der Waals surface area contributed by atoms with Crippen LogP contribution in [-0.2, 0) is 0 Å². The summed E-state index contributed by atoms with van der Waals surface area (Å²) in [5.41, 5.74) is 18.9. The van der Waals surface area contributed by atoms with E-state index in [0.29, 0.717) is 5.82 Å². The van der Waals surface area contributed by atoms with Crippen LogP contribution in [0, 0.1) is 41.5 Å². The first kappa shape index (κ1) is 25.1. The lowest BCUT2D eigenvalue weighted by Crippen LogP contribution is -1.93. The van der Waals surface area contributed by atoms with Gasteiger partial charge in [0.05, 0.1) is 16.7 Å². The van der Waals surface area contributed by atoms with Gasteiger partial charge in [0.2, 0.25) is 0 Å². The molecule has 8 bridgehead atoms. The minimum absolute atomic E-state index is 0.681. The molecule has 1 aliphatic rings. The van der Waals surface area contributed by atoms with Gasteiger partial charge >= 0.3 is 0 Å². The van der Waals surface area contributed by atoms with Gasteiger partial charge in [-0.05, 0) is 123 Å². The fourth-order valence-corrected chi connectivity index (χ4v) is 6.63. The van der Waals surface area contributed by atoms with E-state index in [4.69, 9.17) is 9.97 Å². The summed E-state index contributed by atoms with van der Waals surface area (Å²) in [7, 11) is 0. The molecule has 0 saturated carbocycles.